The molecule has 0 radical (unpaired) electrons. The first kappa shape index (κ1) is 11.4. The number of nitrogens with two attached hydrogens (primary N) is 1. The number of rotatable bonds is 2. The van der Waals surface area contributed by atoms with Crippen molar-refractivity contribution in [3.63, 3.8) is 0 Å². The smallest absolute Gasteiger partial charge is 0.126 e. The van der Waals surface area contributed by atoms with Gasteiger partial charge in [-0.25, -0.2) is 4.39 Å². The van der Waals surface area contributed by atoms with Crippen molar-refractivity contribution in [3.05, 3.63) is 66.0 Å². The van der Waals surface area contributed by atoms with Crippen LogP contribution in [0.25, 0.3) is 16.8 Å². The van der Waals surface area contributed by atoms with E-state index in [2.05, 4.69) is 6.58 Å². The quantitative estimate of drug-likeness (QED) is 0.831. The number of halogens is 1. The van der Waals surface area contributed by atoms with E-state index >= 15 is 0 Å². The standard InChI is InChI=1S/C15H14FN/c1-10-3-4-14(9-15(10)16)13-7-5-12(6-8-13)11(2)17/h3-9H,2,17H2,1H3. The molecule has 0 saturated heterocycles. The predicted octanol–water partition coefficient (Wildman–Crippen LogP) is 3.73. The molecule has 0 unspecified atom stereocenters. The van der Waals surface area contributed by atoms with Crippen molar-refractivity contribution in [1.29, 1.82) is 0 Å². The first-order chi connectivity index (χ1) is 8.08. The summed E-state index contributed by atoms with van der Waals surface area (Å²) in [5, 5.41) is 0. The van der Waals surface area contributed by atoms with Crippen LogP contribution in [0.3, 0.4) is 0 Å². The van der Waals surface area contributed by atoms with Gasteiger partial charge in [-0.2, -0.15) is 0 Å². The van der Waals surface area contributed by atoms with Crippen LogP contribution in [0.1, 0.15) is 11.1 Å². The molecule has 0 fully saturated rings. The third-order valence-corrected chi connectivity index (χ3v) is 2.76. The van der Waals surface area contributed by atoms with E-state index in [1.54, 1.807) is 19.1 Å². The first-order valence-corrected chi connectivity index (χ1v) is 5.39. The van der Waals surface area contributed by atoms with E-state index in [0.29, 0.717) is 11.3 Å². The fourth-order valence-corrected chi connectivity index (χ4v) is 1.65. The second-order valence-electron chi connectivity index (χ2n) is 4.07. The van der Waals surface area contributed by atoms with Crippen LogP contribution in [0.15, 0.2) is 49.0 Å². The van der Waals surface area contributed by atoms with Gasteiger partial charge in [-0.05, 0) is 35.2 Å². The fraction of sp³-hybridized carbons (Fsp3) is 0.0667. The topological polar surface area (TPSA) is 26.0 Å². The molecular weight excluding hydrogens is 213 g/mol. The Hall–Kier alpha value is -2.09. The second kappa shape index (κ2) is 4.42. The Morgan fingerprint density at radius 1 is 1.06 bits per heavy atom. The Kier molecular flexibility index (Phi) is 2.96. The Labute approximate surface area is 100 Å². The highest BCUT2D eigenvalue weighted by Gasteiger charge is 2.02. The Balaban J connectivity index is 2.39. The van der Waals surface area contributed by atoms with Crippen LogP contribution in [-0.2, 0) is 0 Å². The van der Waals surface area contributed by atoms with E-state index in [4.69, 9.17) is 5.73 Å². The summed E-state index contributed by atoms with van der Waals surface area (Å²) in [4.78, 5) is 0. The molecule has 0 atom stereocenters. The average Bonchev–Trinajstić information content (AvgIpc) is 2.33. The van der Waals surface area contributed by atoms with Gasteiger partial charge in [0, 0.05) is 5.70 Å². The summed E-state index contributed by atoms with van der Waals surface area (Å²) in [7, 11) is 0. The summed E-state index contributed by atoms with van der Waals surface area (Å²) in [6.45, 7) is 5.42. The molecule has 0 saturated carbocycles. The summed E-state index contributed by atoms with van der Waals surface area (Å²) in [5.41, 5.74) is 9.50. The molecule has 2 aromatic rings. The lowest BCUT2D eigenvalue weighted by Gasteiger charge is -2.05. The zero-order valence-electron chi connectivity index (χ0n) is 9.70. The Morgan fingerprint density at radius 2 is 1.65 bits per heavy atom. The highest BCUT2D eigenvalue weighted by Crippen LogP contribution is 2.22. The maximum atomic E-state index is 13.4. The maximum Gasteiger partial charge on any atom is 0.126 e. The molecule has 2 rings (SSSR count). The predicted molar refractivity (Wildman–Crippen MR) is 69.8 cm³/mol. The summed E-state index contributed by atoms with van der Waals surface area (Å²) in [5.74, 6) is -0.185. The van der Waals surface area contributed by atoms with Gasteiger partial charge in [0.05, 0.1) is 0 Å². The van der Waals surface area contributed by atoms with Crippen LogP contribution in [0.2, 0.25) is 0 Å². The average molecular weight is 227 g/mol. The number of hydrogen-bond donors (Lipinski definition) is 1. The normalized spacial score (nSPS) is 10.2. The summed E-state index contributed by atoms with van der Waals surface area (Å²) in [6, 6.07) is 12.8. The summed E-state index contributed by atoms with van der Waals surface area (Å²) in [6.07, 6.45) is 0. The van der Waals surface area contributed by atoms with Gasteiger partial charge < -0.3 is 5.73 Å². The lowest BCUT2D eigenvalue weighted by molar-refractivity contribution is 0.619. The molecule has 0 amide bonds. The molecule has 17 heavy (non-hydrogen) atoms. The van der Waals surface area contributed by atoms with Gasteiger partial charge >= 0.3 is 0 Å². The van der Waals surface area contributed by atoms with E-state index in [0.717, 1.165) is 16.7 Å². The minimum absolute atomic E-state index is 0.185. The lowest BCUT2D eigenvalue weighted by Crippen LogP contribution is -1.93. The van der Waals surface area contributed by atoms with E-state index in [1.165, 1.54) is 0 Å². The van der Waals surface area contributed by atoms with Crippen molar-refractivity contribution in [2.45, 2.75) is 6.92 Å². The second-order valence-corrected chi connectivity index (χ2v) is 4.07. The van der Waals surface area contributed by atoms with Crippen molar-refractivity contribution in [3.8, 4) is 11.1 Å². The summed E-state index contributed by atoms with van der Waals surface area (Å²) >= 11 is 0. The van der Waals surface area contributed by atoms with Crippen LogP contribution in [0, 0.1) is 12.7 Å². The Bertz CT molecular complexity index is 556. The van der Waals surface area contributed by atoms with Gasteiger partial charge in [0.15, 0.2) is 0 Å². The van der Waals surface area contributed by atoms with Gasteiger partial charge in [-0.3, -0.25) is 0 Å². The monoisotopic (exact) mass is 227 g/mol. The zero-order chi connectivity index (χ0) is 12.4. The van der Waals surface area contributed by atoms with Crippen molar-refractivity contribution in [2.24, 2.45) is 5.73 Å². The third-order valence-electron chi connectivity index (χ3n) is 2.76. The van der Waals surface area contributed by atoms with E-state index in [1.807, 2.05) is 30.3 Å². The van der Waals surface area contributed by atoms with E-state index in [9.17, 15) is 4.39 Å². The van der Waals surface area contributed by atoms with Crippen LogP contribution >= 0.6 is 0 Å². The van der Waals surface area contributed by atoms with Crippen LogP contribution < -0.4 is 5.73 Å². The van der Waals surface area contributed by atoms with Gasteiger partial charge in [0.25, 0.3) is 0 Å². The zero-order valence-corrected chi connectivity index (χ0v) is 9.70. The third kappa shape index (κ3) is 2.36. The molecule has 2 N–H and O–H groups in total. The van der Waals surface area contributed by atoms with Crippen molar-refractivity contribution < 1.29 is 4.39 Å². The van der Waals surface area contributed by atoms with Gasteiger partial charge in [-0.15, -0.1) is 0 Å². The van der Waals surface area contributed by atoms with E-state index in [-0.39, 0.29) is 5.82 Å². The molecule has 1 nitrogen and oxygen atoms in total. The Morgan fingerprint density at radius 3 is 2.18 bits per heavy atom. The molecule has 0 spiro atoms. The minimum Gasteiger partial charge on any atom is -0.399 e. The van der Waals surface area contributed by atoms with E-state index < -0.39 is 0 Å². The molecule has 0 heterocycles. The molecule has 0 aromatic heterocycles. The lowest BCUT2D eigenvalue weighted by atomic mass is 10.0. The van der Waals surface area contributed by atoms with Crippen molar-refractivity contribution in [2.75, 3.05) is 0 Å². The van der Waals surface area contributed by atoms with Crippen molar-refractivity contribution in [1.82, 2.24) is 0 Å². The number of hydrogen-bond acceptors (Lipinski definition) is 1. The molecule has 0 aliphatic heterocycles. The first-order valence-electron chi connectivity index (χ1n) is 5.39. The largest absolute Gasteiger partial charge is 0.399 e. The molecule has 86 valence electrons. The summed E-state index contributed by atoms with van der Waals surface area (Å²) < 4.78 is 13.4. The molecule has 2 aromatic carbocycles. The maximum absolute atomic E-state index is 13.4. The molecular formula is C15H14FN. The number of benzene rings is 2. The molecule has 0 bridgehead atoms. The highest BCUT2D eigenvalue weighted by atomic mass is 19.1. The van der Waals surface area contributed by atoms with Gasteiger partial charge in [0.1, 0.15) is 5.82 Å². The van der Waals surface area contributed by atoms with Crippen LogP contribution in [0.4, 0.5) is 4.39 Å². The molecule has 0 aliphatic carbocycles. The number of aryl methyl sites for hydroxylation is 1. The van der Waals surface area contributed by atoms with Gasteiger partial charge in [-0.1, -0.05) is 43.0 Å². The minimum atomic E-state index is -0.185. The highest BCUT2D eigenvalue weighted by molar-refractivity contribution is 5.68. The van der Waals surface area contributed by atoms with Crippen molar-refractivity contribution >= 4 is 5.70 Å². The fourth-order valence-electron chi connectivity index (χ4n) is 1.65. The van der Waals surface area contributed by atoms with Crippen LogP contribution in [-0.4, -0.2) is 0 Å². The molecule has 0 aliphatic rings. The van der Waals surface area contributed by atoms with Crippen LogP contribution in [0.5, 0.6) is 0 Å². The van der Waals surface area contributed by atoms with Gasteiger partial charge in [0.2, 0.25) is 0 Å². The SMILES string of the molecule is C=C(N)c1ccc(-c2ccc(C)c(F)c2)cc1. The molecule has 2 heteroatoms.